The molecule has 1 unspecified atom stereocenters. The van der Waals surface area contributed by atoms with Gasteiger partial charge in [-0.2, -0.15) is 13.2 Å². The lowest BCUT2D eigenvalue weighted by molar-refractivity contribution is -0.140. The standard InChI is InChI=1S/C14H16F3NO3/c15-14(16,17)11-3-1-2-10(6-11)7-13(20)18-4-5-21-12(8-18)9-19/h1-3,6,12,19H,4-5,7-9H2. The number of hydrogen-bond acceptors (Lipinski definition) is 3. The van der Waals surface area contributed by atoms with Crippen LogP contribution in [0.25, 0.3) is 0 Å². The van der Waals surface area contributed by atoms with Crippen LogP contribution >= 0.6 is 0 Å². The molecule has 0 aromatic heterocycles. The molecule has 1 fully saturated rings. The fourth-order valence-electron chi connectivity index (χ4n) is 2.20. The highest BCUT2D eigenvalue weighted by molar-refractivity contribution is 5.79. The van der Waals surface area contributed by atoms with E-state index in [1.54, 1.807) is 0 Å². The molecule has 1 aliphatic rings. The normalized spacial score (nSPS) is 19.6. The van der Waals surface area contributed by atoms with Crippen molar-refractivity contribution in [1.82, 2.24) is 4.90 Å². The summed E-state index contributed by atoms with van der Waals surface area (Å²) in [5, 5.41) is 9.02. The average molecular weight is 303 g/mol. The molecular weight excluding hydrogens is 287 g/mol. The number of hydrogen-bond donors (Lipinski definition) is 1. The Morgan fingerprint density at radius 1 is 1.43 bits per heavy atom. The molecule has 1 saturated heterocycles. The van der Waals surface area contributed by atoms with E-state index < -0.39 is 17.8 Å². The molecule has 0 aliphatic carbocycles. The number of morpholine rings is 1. The number of rotatable bonds is 3. The van der Waals surface area contributed by atoms with Crippen LogP contribution in [0.1, 0.15) is 11.1 Å². The Kier molecular flexibility index (Phi) is 4.84. The number of aliphatic hydroxyl groups is 1. The van der Waals surface area contributed by atoms with Gasteiger partial charge >= 0.3 is 6.18 Å². The number of ether oxygens (including phenoxy) is 1. The highest BCUT2D eigenvalue weighted by Crippen LogP contribution is 2.29. The van der Waals surface area contributed by atoms with Crippen molar-refractivity contribution in [1.29, 1.82) is 0 Å². The lowest BCUT2D eigenvalue weighted by Gasteiger charge is -2.32. The van der Waals surface area contributed by atoms with Gasteiger partial charge in [-0.1, -0.05) is 18.2 Å². The van der Waals surface area contributed by atoms with Crippen LogP contribution in [-0.4, -0.2) is 48.3 Å². The molecule has 0 radical (unpaired) electrons. The van der Waals surface area contributed by atoms with Crippen molar-refractivity contribution < 1.29 is 27.8 Å². The summed E-state index contributed by atoms with van der Waals surface area (Å²) in [4.78, 5) is 13.6. The number of alkyl halides is 3. The van der Waals surface area contributed by atoms with Gasteiger partial charge in [0.2, 0.25) is 5.91 Å². The monoisotopic (exact) mass is 303 g/mol. The minimum Gasteiger partial charge on any atom is -0.394 e. The van der Waals surface area contributed by atoms with E-state index in [9.17, 15) is 18.0 Å². The molecule has 0 saturated carbocycles. The highest BCUT2D eigenvalue weighted by atomic mass is 19.4. The zero-order valence-electron chi connectivity index (χ0n) is 11.3. The van der Waals surface area contributed by atoms with Crippen molar-refractivity contribution in [2.45, 2.75) is 18.7 Å². The third kappa shape index (κ3) is 4.18. The first kappa shape index (κ1) is 15.8. The van der Waals surface area contributed by atoms with Crippen molar-refractivity contribution in [3.63, 3.8) is 0 Å². The summed E-state index contributed by atoms with van der Waals surface area (Å²) >= 11 is 0. The van der Waals surface area contributed by atoms with Crippen LogP contribution in [0.15, 0.2) is 24.3 Å². The highest BCUT2D eigenvalue weighted by Gasteiger charge is 2.31. The minimum atomic E-state index is -4.42. The van der Waals surface area contributed by atoms with Gasteiger partial charge in [-0.3, -0.25) is 4.79 Å². The SMILES string of the molecule is O=C(Cc1cccc(C(F)(F)F)c1)N1CCOC(CO)C1. The molecule has 1 atom stereocenters. The van der Waals surface area contributed by atoms with E-state index >= 15 is 0 Å². The Bertz CT molecular complexity index is 504. The van der Waals surface area contributed by atoms with E-state index in [-0.39, 0.29) is 25.5 Å². The largest absolute Gasteiger partial charge is 0.416 e. The lowest BCUT2D eigenvalue weighted by Crippen LogP contribution is -2.47. The molecule has 0 bridgehead atoms. The smallest absolute Gasteiger partial charge is 0.394 e. The molecule has 1 N–H and O–H groups in total. The second-order valence-corrected chi connectivity index (χ2v) is 4.89. The van der Waals surface area contributed by atoms with E-state index in [1.165, 1.54) is 17.0 Å². The quantitative estimate of drug-likeness (QED) is 0.920. The first-order valence-electron chi connectivity index (χ1n) is 6.56. The van der Waals surface area contributed by atoms with Gasteiger partial charge in [-0.05, 0) is 11.6 Å². The van der Waals surface area contributed by atoms with Crippen LogP contribution in [-0.2, 0) is 22.1 Å². The number of nitrogens with zero attached hydrogens (tertiary/aromatic N) is 1. The van der Waals surface area contributed by atoms with Crippen LogP contribution in [0.3, 0.4) is 0 Å². The third-order valence-corrected chi connectivity index (χ3v) is 3.30. The number of carbonyl (C=O) groups excluding carboxylic acids is 1. The van der Waals surface area contributed by atoms with Crippen LogP contribution in [0.4, 0.5) is 13.2 Å². The van der Waals surface area contributed by atoms with Gasteiger partial charge in [0, 0.05) is 13.1 Å². The minimum absolute atomic E-state index is 0.0952. The van der Waals surface area contributed by atoms with Gasteiger partial charge in [0.05, 0.1) is 31.3 Å². The summed E-state index contributed by atoms with van der Waals surface area (Å²) in [6.45, 7) is 0.773. The molecule has 21 heavy (non-hydrogen) atoms. The molecule has 1 aliphatic heterocycles. The Hall–Kier alpha value is -1.60. The van der Waals surface area contributed by atoms with Gasteiger partial charge in [-0.15, -0.1) is 0 Å². The predicted octanol–water partition coefficient (Wildman–Crippen LogP) is 1.47. The Morgan fingerprint density at radius 3 is 2.86 bits per heavy atom. The van der Waals surface area contributed by atoms with E-state index in [1.807, 2.05) is 0 Å². The molecule has 0 spiro atoms. The van der Waals surface area contributed by atoms with E-state index in [0.717, 1.165) is 12.1 Å². The Labute approximate surface area is 120 Å². The molecule has 7 heteroatoms. The van der Waals surface area contributed by atoms with Crippen molar-refractivity contribution in [3.05, 3.63) is 35.4 Å². The summed E-state index contributed by atoms with van der Waals surface area (Å²) < 4.78 is 43.1. The van der Waals surface area contributed by atoms with Gasteiger partial charge < -0.3 is 14.7 Å². The molecule has 1 heterocycles. The third-order valence-electron chi connectivity index (χ3n) is 3.30. The summed E-state index contributed by atoms with van der Waals surface area (Å²) in [6, 6.07) is 4.75. The average Bonchev–Trinajstić information content (AvgIpc) is 2.46. The van der Waals surface area contributed by atoms with Crippen LogP contribution < -0.4 is 0 Å². The van der Waals surface area contributed by atoms with E-state index in [2.05, 4.69) is 0 Å². The van der Waals surface area contributed by atoms with Gasteiger partial charge in [0.25, 0.3) is 0 Å². The molecule has 1 amide bonds. The van der Waals surface area contributed by atoms with Crippen molar-refractivity contribution in [2.75, 3.05) is 26.3 Å². The van der Waals surface area contributed by atoms with Crippen molar-refractivity contribution in [2.24, 2.45) is 0 Å². The number of carbonyl (C=O) groups is 1. The fraction of sp³-hybridized carbons (Fsp3) is 0.500. The van der Waals surface area contributed by atoms with Crippen molar-refractivity contribution in [3.8, 4) is 0 Å². The number of halogens is 3. The van der Waals surface area contributed by atoms with Crippen LogP contribution in [0.5, 0.6) is 0 Å². The summed E-state index contributed by atoms with van der Waals surface area (Å²) in [6.07, 6.45) is -4.94. The first-order valence-corrected chi connectivity index (χ1v) is 6.56. The number of aliphatic hydroxyl groups excluding tert-OH is 1. The van der Waals surface area contributed by atoms with Gasteiger partial charge in [0.15, 0.2) is 0 Å². The topological polar surface area (TPSA) is 49.8 Å². The zero-order chi connectivity index (χ0) is 15.5. The zero-order valence-corrected chi connectivity index (χ0v) is 11.3. The second-order valence-electron chi connectivity index (χ2n) is 4.89. The maximum Gasteiger partial charge on any atom is 0.416 e. The molecular formula is C14H16F3NO3. The Balaban J connectivity index is 2.02. The van der Waals surface area contributed by atoms with Crippen LogP contribution in [0, 0.1) is 0 Å². The second kappa shape index (κ2) is 6.44. The van der Waals surface area contributed by atoms with Crippen molar-refractivity contribution >= 4 is 5.91 Å². The summed E-state index contributed by atoms with van der Waals surface area (Å²) in [7, 11) is 0. The van der Waals surface area contributed by atoms with Gasteiger partial charge in [-0.25, -0.2) is 0 Å². The van der Waals surface area contributed by atoms with Gasteiger partial charge in [0.1, 0.15) is 0 Å². The van der Waals surface area contributed by atoms with E-state index in [0.29, 0.717) is 18.7 Å². The number of amides is 1. The molecule has 4 nitrogen and oxygen atoms in total. The maximum absolute atomic E-state index is 12.6. The molecule has 2 rings (SSSR count). The fourth-order valence-corrected chi connectivity index (χ4v) is 2.20. The summed E-state index contributed by atoms with van der Waals surface area (Å²) in [5.74, 6) is -0.268. The summed E-state index contributed by atoms with van der Waals surface area (Å²) in [5.41, 5.74) is -0.440. The molecule has 116 valence electrons. The number of benzene rings is 1. The maximum atomic E-state index is 12.6. The van der Waals surface area contributed by atoms with Crippen LogP contribution in [0.2, 0.25) is 0 Å². The first-order chi connectivity index (χ1) is 9.90. The lowest BCUT2D eigenvalue weighted by atomic mass is 10.1. The van der Waals surface area contributed by atoms with E-state index in [4.69, 9.17) is 9.84 Å². The Morgan fingerprint density at radius 2 is 2.19 bits per heavy atom. The molecule has 1 aromatic rings. The predicted molar refractivity (Wildman–Crippen MR) is 68.6 cm³/mol. The molecule has 1 aromatic carbocycles.